The number of aryl methyl sites for hydroxylation is 2. The highest BCUT2D eigenvalue weighted by Gasteiger charge is 2.21. The van der Waals surface area contributed by atoms with Crippen LogP contribution in [0.5, 0.6) is 0 Å². The van der Waals surface area contributed by atoms with Gasteiger partial charge < -0.3 is 4.74 Å². The van der Waals surface area contributed by atoms with Gasteiger partial charge in [0, 0.05) is 36.1 Å². The second-order valence-corrected chi connectivity index (χ2v) is 10.5. The standard InChI is InChI=1S/C24H28ClN3O2S2.ClH/c1-17-4-6-20(7-5-17)31-16-22(29)28(9-3-8-27-10-12-30-13-11-27)24-26-23-18(2)14-19(25)15-21(23)32-24;/h4-7,14-15H,3,8-13,16H2,1-2H3;1H. The van der Waals surface area contributed by atoms with Crippen molar-refractivity contribution in [3.05, 3.63) is 52.5 Å². The summed E-state index contributed by atoms with van der Waals surface area (Å²) in [6.45, 7) is 9.16. The molecule has 1 amide bonds. The lowest BCUT2D eigenvalue weighted by atomic mass is 10.2. The minimum Gasteiger partial charge on any atom is -0.379 e. The number of morpholine rings is 1. The quantitative estimate of drug-likeness (QED) is 0.346. The first kappa shape index (κ1) is 26.3. The fourth-order valence-corrected chi connectivity index (χ4v) is 5.96. The summed E-state index contributed by atoms with van der Waals surface area (Å²) in [5.41, 5.74) is 3.17. The Hall–Kier alpha value is -1.35. The third kappa shape index (κ3) is 7.07. The van der Waals surface area contributed by atoms with Gasteiger partial charge in [-0.2, -0.15) is 0 Å². The van der Waals surface area contributed by atoms with Crippen LogP contribution in [0, 0.1) is 13.8 Å². The van der Waals surface area contributed by atoms with Crippen molar-refractivity contribution in [1.82, 2.24) is 9.88 Å². The Balaban J connectivity index is 0.00000306. The van der Waals surface area contributed by atoms with E-state index < -0.39 is 0 Å². The van der Waals surface area contributed by atoms with Crippen molar-refractivity contribution < 1.29 is 9.53 Å². The number of ether oxygens (including phenoxy) is 1. The lowest BCUT2D eigenvalue weighted by molar-refractivity contribution is -0.116. The number of carbonyl (C=O) groups is 1. The SMILES string of the molecule is Cc1ccc(SCC(=O)N(CCCN2CCOCC2)c2nc3c(C)cc(Cl)cc3s2)cc1.Cl. The largest absolute Gasteiger partial charge is 0.379 e. The van der Waals surface area contributed by atoms with Gasteiger partial charge in [0.2, 0.25) is 5.91 Å². The van der Waals surface area contributed by atoms with Crippen LogP contribution in [0.2, 0.25) is 5.02 Å². The highest BCUT2D eigenvalue weighted by Crippen LogP contribution is 2.33. The lowest BCUT2D eigenvalue weighted by Gasteiger charge is -2.27. The number of benzene rings is 2. The van der Waals surface area contributed by atoms with E-state index in [1.165, 1.54) is 16.9 Å². The van der Waals surface area contributed by atoms with E-state index in [2.05, 4.69) is 36.1 Å². The number of rotatable bonds is 8. The fourth-order valence-electron chi connectivity index (χ4n) is 3.72. The molecule has 178 valence electrons. The van der Waals surface area contributed by atoms with Crippen molar-refractivity contribution in [1.29, 1.82) is 0 Å². The molecule has 1 aromatic heterocycles. The Labute approximate surface area is 214 Å². The molecule has 4 rings (SSSR count). The predicted molar refractivity (Wildman–Crippen MR) is 143 cm³/mol. The number of carbonyl (C=O) groups excluding carboxylic acids is 1. The van der Waals surface area contributed by atoms with E-state index in [1.807, 2.05) is 24.0 Å². The zero-order valence-electron chi connectivity index (χ0n) is 18.9. The van der Waals surface area contributed by atoms with Gasteiger partial charge in [0.1, 0.15) is 0 Å². The van der Waals surface area contributed by atoms with Gasteiger partial charge in [-0.1, -0.05) is 40.6 Å². The number of thiazole rings is 1. The number of fused-ring (bicyclic) bond motifs is 1. The smallest absolute Gasteiger partial charge is 0.239 e. The molecule has 0 aliphatic carbocycles. The molecule has 9 heteroatoms. The normalized spacial score (nSPS) is 14.3. The summed E-state index contributed by atoms with van der Waals surface area (Å²) in [5.74, 6) is 0.469. The molecule has 2 aromatic carbocycles. The van der Waals surface area contributed by atoms with E-state index in [1.54, 1.807) is 11.8 Å². The maximum atomic E-state index is 13.3. The summed E-state index contributed by atoms with van der Waals surface area (Å²) in [6.07, 6.45) is 0.899. The van der Waals surface area contributed by atoms with Crippen LogP contribution in [0.3, 0.4) is 0 Å². The van der Waals surface area contributed by atoms with E-state index in [0.717, 1.165) is 65.1 Å². The minimum absolute atomic E-state index is 0. The van der Waals surface area contributed by atoms with Gasteiger partial charge in [0.25, 0.3) is 0 Å². The molecule has 33 heavy (non-hydrogen) atoms. The van der Waals surface area contributed by atoms with Crippen molar-refractivity contribution in [2.45, 2.75) is 25.2 Å². The van der Waals surface area contributed by atoms with Gasteiger partial charge in [-0.05, 0) is 50.1 Å². The Bertz CT molecular complexity index is 1070. The van der Waals surface area contributed by atoms with E-state index >= 15 is 0 Å². The zero-order chi connectivity index (χ0) is 22.5. The molecule has 0 bridgehead atoms. The average molecular weight is 527 g/mol. The maximum absolute atomic E-state index is 13.3. The molecular formula is C24H29Cl2N3O2S2. The number of nitrogens with zero attached hydrogens (tertiary/aromatic N) is 3. The van der Waals surface area contributed by atoms with Gasteiger partial charge >= 0.3 is 0 Å². The second kappa shape index (κ2) is 12.4. The van der Waals surface area contributed by atoms with Crippen molar-refractivity contribution in [3.8, 4) is 0 Å². The van der Waals surface area contributed by atoms with Crippen molar-refractivity contribution in [2.24, 2.45) is 0 Å². The molecule has 1 saturated heterocycles. The number of amides is 1. The molecule has 0 radical (unpaired) electrons. The number of anilines is 1. The summed E-state index contributed by atoms with van der Waals surface area (Å²) < 4.78 is 6.46. The van der Waals surface area contributed by atoms with Gasteiger partial charge in [0.15, 0.2) is 5.13 Å². The van der Waals surface area contributed by atoms with E-state index in [4.69, 9.17) is 21.3 Å². The Morgan fingerprint density at radius 3 is 2.67 bits per heavy atom. The number of hydrogen-bond acceptors (Lipinski definition) is 6. The van der Waals surface area contributed by atoms with Crippen LogP contribution < -0.4 is 4.90 Å². The first-order valence-corrected chi connectivity index (χ1v) is 13.0. The van der Waals surface area contributed by atoms with Gasteiger partial charge in [-0.3, -0.25) is 14.6 Å². The van der Waals surface area contributed by atoms with E-state index in [9.17, 15) is 4.79 Å². The van der Waals surface area contributed by atoms with Crippen LogP contribution >= 0.6 is 47.1 Å². The maximum Gasteiger partial charge on any atom is 0.239 e. The molecule has 1 fully saturated rings. The van der Waals surface area contributed by atoms with Crippen molar-refractivity contribution in [2.75, 3.05) is 50.0 Å². The molecule has 0 atom stereocenters. The van der Waals surface area contributed by atoms with Crippen LogP contribution in [0.15, 0.2) is 41.3 Å². The molecule has 3 aromatic rings. The molecule has 2 heterocycles. The number of hydrogen-bond donors (Lipinski definition) is 0. The third-order valence-electron chi connectivity index (χ3n) is 5.51. The summed E-state index contributed by atoms with van der Waals surface area (Å²) in [5, 5.41) is 1.45. The number of thioether (sulfide) groups is 1. The van der Waals surface area contributed by atoms with E-state index in [-0.39, 0.29) is 18.3 Å². The first-order chi connectivity index (χ1) is 15.5. The van der Waals surface area contributed by atoms with Gasteiger partial charge in [-0.15, -0.1) is 24.2 Å². The Kier molecular flexibility index (Phi) is 9.85. The summed E-state index contributed by atoms with van der Waals surface area (Å²) in [4.78, 5) is 23.5. The number of halogens is 2. The topological polar surface area (TPSA) is 45.7 Å². The highest BCUT2D eigenvalue weighted by atomic mass is 35.5. The fraction of sp³-hybridized carbons (Fsp3) is 0.417. The highest BCUT2D eigenvalue weighted by molar-refractivity contribution is 8.00. The van der Waals surface area contributed by atoms with Crippen molar-refractivity contribution in [3.63, 3.8) is 0 Å². The van der Waals surface area contributed by atoms with Crippen LogP contribution in [-0.4, -0.2) is 60.9 Å². The first-order valence-electron chi connectivity index (χ1n) is 10.9. The van der Waals surface area contributed by atoms with E-state index in [0.29, 0.717) is 17.3 Å². The Morgan fingerprint density at radius 2 is 1.94 bits per heavy atom. The molecule has 0 unspecified atom stereocenters. The Morgan fingerprint density at radius 1 is 1.21 bits per heavy atom. The van der Waals surface area contributed by atoms with Crippen LogP contribution in [0.4, 0.5) is 5.13 Å². The monoisotopic (exact) mass is 525 g/mol. The molecule has 0 N–H and O–H groups in total. The molecule has 5 nitrogen and oxygen atoms in total. The zero-order valence-corrected chi connectivity index (χ0v) is 22.1. The second-order valence-electron chi connectivity index (χ2n) is 8.02. The third-order valence-corrected chi connectivity index (χ3v) is 7.75. The molecule has 0 spiro atoms. The molecule has 1 aliphatic rings. The molecular weight excluding hydrogens is 497 g/mol. The van der Waals surface area contributed by atoms with Crippen LogP contribution in [0.25, 0.3) is 10.2 Å². The van der Waals surface area contributed by atoms with Crippen LogP contribution in [0.1, 0.15) is 17.5 Å². The summed E-state index contributed by atoms with van der Waals surface area (Å²) >= 11 is 9.36. The van der Waals surface area contributed by atoms with Crippen molar-refractivity contribution >= 4 is 68.4 Å². The predicted octanol–water partition coefficient (Wildman–Crippen LogP) is 5.84. The van der Waals surface area contributed by atoms with Crippen LogP contribution in [-0.2, 0) is 9.53 Å². The molecule has 1 aliphatic heterocycles. The van der Waals surface area contributed by atoms with Gasteiger partial charge in [0.05, 0.1) is 29.2 Å². The molecule has 0 saturated carbocycles. The summed E-state index contributed by atoms with van der Waals surface area (Å²) in [6, 6.07) is 12.1. The number of aromatic nitrogens is 1. The average Bonchev–Trinajstić information content (AvgIpc) is 3.21. The lowest BCUT2D eigenvalue weighted by Crippen LogP contribution is -2.39. The van der Waals surface area contributed by atoms with Gasteiger partial charge in [-0.25, -0.2) is 4.98 Å². The summed E-state index contributed by atoms with van der Waals surface area (Å²) in [7, 11) is 0. The minimum atomic E-state index is 0.